The summed E-state index contributed by atoms with van der Waals surface area (Å²) in [7, 11) is 2.79. The topological polar surface area (TPSA) is 41.3 Å². The van der Waals surface area contributed by atoms with Gasteiger partial charge in [-0.15, -0.1) is 9.24 Å². The quantitative estimate of drug-likeness (QED) is 0.605. The summed E-state index contributed by atoms with van der Waals surface area (Å²) in [6.07, 6.45) is 9.20. The van der Waals surface area contributed by atoms with Crippen LogP contribution in [0.25, 0.3) is 0 Å². The fourth-order valence-electron chi connectivity index (χ4n) is 2.80. The average molecular weight is 285 g/mol. The number of hydrogen-bond donors (Lipinski definition) is 2. The van der Waals surface area contributed by atoms with Crippen molar-refractivity contribution in [1.29, 1.82) is 0 Å². The highest BCUT2D eigenvalue weighted by molar-refractivity contribution is 7.16. The first-order valence-electron chi connectivity index (χ1n) is 7.83. The molecule has 3 N–H and O–H groups in total. The van der Waals surface area contributed by atoms with Crippen LogP contribution in [0.2, 0.25) is 0 Å². The maximum atomic E-state index is 5.66. The highest BCUT2D eigenvalue weighted by Gasteiger charge is 2.16. The standard InChI is InChI=1S/C15H32N3P/c1-14(15-6-3-2-4-7-15)17-9-12-18(11-8-16)10-5-13-19/h15,17H,1-13,16,19H2. The number of nitrogens with zero attached hydrogens (tertiary/aromatic N) is 1. The zero-order valence-electron chi connectivity index (χ0n) is 12.4. The summed E-state index contributed by atoms with van der Waals surface area (Å²) in [6, 6.07) is 0. The third-order valence-corrected chi connectivity index (χ3v) is 4.41. The van der Waals surface area contributed by atoms with E-state index in [0.29, 0.717) is 5.92 Å². The predicted octanol–water partition coefficient (Wildman–Crippen LogP) is 2.20. The summed E-state index contributed by atoms with van der Waals surface area (Å²) >= 11 is 0. The lowest BCUT2D eigenvalue weighted by molar-refractivity contribution is 0.281. The van der Waals surface area contributed by atoms with E-state index in [1.54, 1.807) is 0 Å². The minimum absolute atomic E-state index is 0.712. The number of rotatable bonds is 10. The molecule has 0 bridgehead atoms. The molecule has 4 heteroatoms. The molecule has 1 aliphatic rings. The van der Waals surface area contributed by atoms with E-state index in [4.69, 9.17) is 5.73 Å². The molecule has 112 valence electrons. The third-order valence-electron chi connectivity index (χ3n) is 4.00. The second-order valence-electron chi connectivity index (χ2n) is 5.56. The van der Waals surface area contributed by atoms with Crippen molar-refractivity contribution in [3.8, 4) is 0 Å². The molecule has 3 nitrogen and oxygen atoms in total. The Morgan fingerprint density at radius 1 is 1.21 bits per heavy atom. The molecular weight excluding hydrogens is 253 g/mol. The minimum atomic E-state index is 0.712. The second-order valence-corrected chi connectivity index (χ2v) is 6.14. The highest BCUT2D eigenvalue weighted by Crippen LogP contribution is 2.27. The molecular formula is C15H32N3P. The lowest BCUT2D eigenvalue weighted by Gasteiger charge is -2.26. The number of hydrogen-bond acceptors (Lipinski definition) is 3. The Bertz CT molecular complexity index is 240. The van der Waals surface area contributed by atoms with Crippen LogP contribution >= 0.6 is 9.24 Å². The molecule has 0 saturated heterocycles. The molecule has 19 heavy (non-hydrogen) atoms. The van der Waals surface area contributed by atoms with E-state index in [1.807, 2.05) is 0 Å². The number of nitrogens with one attached hydrogen (secondary N) is 1. The van der Waals surface area contributed by atoms with Crippen LogP contribution in [-0.2, 0) is 0 Å². The lowest BCUT2D eigenvalue weighted by atomic mass is 9.87. The van der Waals surface area contributed by atoms with Gasteiger partial charge in [-0.3, -0.25) is 0 Å². The molecule has 0 radical (unpaired) electrons. The fourth-order valence-corrected chi connectivity index (χ4v) is 2.99. The Hall–Kier alpha value is -0.110. The Morgan fingerprint density at radius 2 is 1.95 bits per heavy atom. The van der Waals surface area contributed by atoms with Gasteiger partial charge in [-0.2, -0.15) is 0 Å². The first-order chi connectivity index (χ1) is 9.27. The summed E-state index contributed by atoms with van der Waals surface area (Å²) in [6.45, 7) is 9.21. The van der Waals surface area contributed by atoms with Gasteiger partial charge >= 0.3 is 0 Å². The minimum Gasteiger partial charge on any atom is -0.387 e. The zero-order chi connectivity index (χ0) is 13.9. The van der Waals surface area contributed by atoms with Crippen molar-refractivity contribution in [1.82, 2.24) is 10.2 Å². The average Bonchev–Trinajstić information content (AvgIpc) is 2.45. The Kier molecular flexibility index (Phi) is 9.50. The smallest absolute Gasteiger partial charge is 0.0271 e. The summed E-state index contributed by atoms with van der Waals surface area (Å²) in [5.74, 6) is 0.712. The maximum Gasteiger partial charge on any atom is 0.0271 e. The van der Waals surface area contributed by atoms with Crippen LogP contribution < -0.4 is 11.1 Å². The monoisotopic (exact) mass is 285 g/mol. The van der Waals surface area contributed by atoms with Crippen molar-refractivity contribution in [2.45, 2.75) is 38.5 Å². The molecule has 1 aliphatic carbocycles. The van der Waals surface area contributed by atoms with E-state index in [2.05, 4.69) is 26.0 Å². The predicted molar refractivity (Wildman–Crippen MR) is 88.4 cm³/mol. The molecule has 0 aromatic rings. The van der Waals surface area contributed by atoms with Gasteiger partial charge in [-0.05, 0) is 37.9 Å². The SMILES string of the molecule is C=C(NCCN(CCN)CCCP)C1CCCCC1. The summed E-state index contributed by atoms with van der Waals surface area (Å²) < 4.78 is 0. The molecule has 0 heterocycles. The van der Waals surface area contributed by atoms with Gasteiger partial charge in [0, 0.05) is 31.9 Å². The van der Waals surface area contributed by atoms with Crippen LogP contribution in [0.3, 0.4) is 0 Å². The van der Waals surface area contributed by atoms with Gasteiger partial charge in [0.2, 0.25) is 0 Å². The van der Waals surface area contributed by atoms with Gasteiger partial charge in [-0.1, -0.05) is 25.8 Å². The van der Waals surface area contributed by atoms with Crippen molar-refractivity contribution in [3.63, 3.8) is 0 Å². The molecule has 1 unspecified atom stereocenters. The van der Waals surface area contributed by atoms with Crippen LogP contribution in [0.15, 0.2) is 12.3 Å². The molecule has 0 amide bonds. The Morgan fingerprint density at radius 3 is 2.58 bits per heavy atom. The molecule has 1 rings (SSSR count). The molecule has 1 fully saturated rings. The van der Waals surface area contributed by atoms with Crippen molar-refractivity contribution in [2.24, 2.45) is 11.7 Å². The van der Waals surface area contributed by atoms with Gasteiger partial charge < -0.3 is 16.0 Å². The van der Waals surface area contributed by atoms with Crippen LogP contribution in [-0.4, -0.2) is 43.8 Å². The van der Waals surface area contributed by atoms with Crippen molar-refractivity contribution >= 4 is 9.24 Å². The van der Waals surface area contributed by atoms with E-state index < -0.39 is 0 Å². The maximum absolute atomic E-state index is 5.66. The van der Waals surface area contributed by atoms with E-state index >= 15 is 0 Å². The van der Waals surface area contributed by atoms with Gasteiger partial charge in [0.05, 0.1) is 0 Å². The van der Waals surface area contributed by atoms with E-state index in [0.717, 1.165) is 32.7 Å². The van der Waals surface area contributed by atoms with Crippen LogP contribution in [0.5, 0.6) is 0 Å². The molecule has 1 saturated carbocycles. The molecule has 0 aromatic heterocycles. The zero-order valence-corrected chi connectivity index (χ0v) is 13.5. The van der Waals surface area contributed by atoms with E-state index in [1.165, 1.54) is 50.4 Å². The van der Waals surface area contributed by atoms with Crippen LogP contribution in [0, 0.1) is 5.92 Å². The fraction of sp³-hybridized carbons (Fsp3) is 0.867. The molecule has 0 aromatic carbocycles. The largest absolute Gasteiger partial charge is 0.387 e. The third kappa shape index (κ3) is 7.29. The van der Waals surface area contributed by atoms with Crippen molar-refractivity contribution in [3.05, 3.63) is 12.3 Å². The van der Waals surface area contributed by atoms with Gasteiger partial charge in [0.15, 0.2) is 0 Å². The molecule has 0 aliphatic heterocycles. The second kappa shape index (κ2) is 10.7. The molecule has 0 spiro atoms. The van der Waals surface area contributed by atoms with E-state index in [-0.39, 0.29) is 0 Å². The summed E-state index contributed by atoms with van der Waals surface area (Å²) in [5.41, 5.74) is 6.93. The first-order valence-corrected chi connectivity index (χ1v) is 8.64. The van der Waals surface area contributed by atoms with Gasteiger partial charge in [-0.25, -0.2) is 0 Å². The van der Waals surface area contributed by atoms with Gasteiger partial charge in [0.1, 0.15) is 0 Å². The molecule has 1 atom stereocenters. The number of nitrogens with two attached hydrogens (primary N) is 1. The normalized spacial score (nSPS) is 16.8. The van der Waals surface area contributed by atoms with Gasteiger partial charge in [0.25, 0.3) is 0 Å². The van der Waals surface area contributed by atoms with Crippen LogP contribution in [0.1, 0.15) is 38.5 Å². The highest BCUT2D eigenvalue weighted by atomic mass is 31.0. The van der Waals surface area contributed by atoms with Crippen LogP contribution in [0.4, 0.5) is 0 Å². The van der Waals surface area contributed by atoms with Crippen molar-refractivity contribution < 1.29 is 0 Å². The van der Waals surface area contributed by atoms with Crippen molar-refractivity contribution in [2.75, 3.05) is 38.9 Å². The summed E-state index contributed by atoms with van der Waals surface area (Å²) in [4.78, 5) is 2.45. The Balaban J connectivity index is 2.16. The number of allylic oxidation sites excluding steroid dienone is 1. The first kappa shape index (κ1) is 16.9. The van der Waals surface area contributed by atoms with E-state index in [9.17, 15) is 0 Å². The lowest BCUT2D eigenvalue weighted by Crippen LogP contribution is -2.37. The Labute approximate surface area is 121 Å². The summed E-state index contributed by atoms with van der Waals surface area (Å²) in [5, 5.41) is 3.54.